The Bertz CT molecular complexity index is 964. The number of imide groups is 1. The van der Waals surface area contributed by atoms with Crippen LogP contribution in [0.4, 0.5) is 4.79 Å². The Labute approximate surface area is 156 Å². The molecule has 8 nitrogen and oxygen atoms in total. The number of nitrogens with zero attached hydrogens (tertiary/aromatic N) is 2. The van der Waals surface area contributed by atoms with Gasteiger partial charge in [0.05, 0.1) is 17.9 Å². The molecule has 0 radical (unpaired) electrons. The fraction of sp³-hybridized carbons (Fsp3) is 0.316. The molecule has 27 heavy (non-hydrogen) atoms. The lowest BCUT2D eigenvalue weighted by molar-refractivity contribution is -0.130. The Morgan fingerprint density at radius 2 is 1.93 bits per heavy atom. The van der Waals surface area contributed by atoms with Crippen molar-refractivity contribution in [1.29, 1.82) is 0 Å². The van der Waals surface area contributed by atoms with Gasteiger partial charge in [-0.25, -0.2) is 4.79 Å². The van der Waals surface area contributed by atoms with E-state index in [4.69, 9.17) is 0 Å². The summed E-state index contributed by atoms with van der Waals surface area (Å²) in [5.74, 6) is -1.15. The van der Waals surface area contributed by atoms with Crippen molar-refractivity contribution in [3.05, 3.63) is 52.6 Å². The lowest BCUT2D eigenvalue weighted by Crippen LogP contribution is -2.42. The average molecular weight is 368 g/mol. The zero-order chi connectivity index (χ0) is 19.9. The van der Waals surface area contributed by atoms with Crippen molar-refractivity contribution in [3.63, 3.8) is 0 Å². The second kappa shape index (κ2) is 6.46. The van der Waals surface area contributed by atoms with Crippen LogP contribution in [-0.2, 0) is 10.3 Å². The van der Waals surface area contributed by atoms with Crippen LogP contribution in [0.5, 0.6) is 0 Å². The fourth-order valence-corrected chi connectivity index (χ4v) is 3.45. The fourth-order valence-electron chi connectivity index (χ4n) is 3.45. The summed E-state index contributed by atoms with van der Waals surface area (Å²) in [6.07, 6.45) is 1.53. The molecule has 1 fully saturated rings. The molecule has 1 aliphatic heterocycles. The third-order valence-electron chi connectivity index (χ3n) is 4.82. The van der Waals surface area contributed by atoms with E-state index < -0.39 is 29.8 Å². The van der Waals surface area contributed by atoms with Gasteiger partial charge in [-0.15, -0.1) is 0 Å². The van der Waals surface area contributed by atoms with Gasteiger partial charge in [-0.1, -0.05) is 6.07 Å². The molecule has 140 valence electrons. The van der Waals surface area contributed by atoms with Gasteiger partial charge in [0.2, 0.25) is 0 Å². The van der Waals surface area contributed by atoms with Crippen LogP contribution in [0.3, 0.4) is 0 Å². The molecule has 0 bridgehead atoms. The van der Waals surface area contributed by atoms with Crippen LogP contribution in [0.25, 0.3) is 0 Å². The maximum atomic E-state index is 12.9. The number of hydrogen-bond acceptors (Lipinski definition) is 5. The van der Waals surface area contributed by atoms with Gasteiger partial charge in [0, 0.05) is 17.5 Å². The lowest BCUT2D eigenvalue weighted by Gasteiger charge is -2.20. The number of aryl methyl sites for hydroxylation is 1. The number of amides is 3. The maximum Gasteiger partial charge on any atom is 0.325 e. The van der Waals surface area contributed by atoms with Crippen LogP contribution in [0.1, 0.15) is 51.6 Å². The van der Waals surface area contributed by atoms with Crippen molar-refractivity contribution in [2.75, 3.05) is 6.54 Å². The molecule has 2 aromatic rings. The number of aromatic amines is 1. The van der Waals surface area contributed by atoms with E-state index in [1.807, 2.05) is 0 Å². The summed E-state index contributed by atoms with van der Waals surface area (Å²) in [5, 5.41) is 2.61. The second-order valence-corrected chi connectivity index (χ2v) is 6.77. The van der Waals surface area contributed by atoms with E-state index in [1.165, 1.54) is 13.1 Å². The summed E-state index contributed by atoms with van der Waals surface area (Å²) in [4.78, 5) is 57.6. The molecule has 0 spiro atoms. The number of ketones is 2. The highest BCUT2D eigenvalue weighted by Gasteiger charge is 2.50. The third kappa shape index (κ3) is 2.92. The number of aromatic nitrogens is 2. The summed E-state index contributed by atoms with van der Waals surface area (Å²) in [6, 6.07) is 4.41. The van der Waals surface area contributed by atoms with Crippen molar-refractivity contribution in [3.8, 4) is 0 Å². The van der Waals surface area contributed by atoms with E-state index in [0.717, 1.165) is 4.90 Å². The predicted molar refractivity (Wildman–Crippen MR) is 96.4 cm³/mol. The number of urea groups is 1. The molecule has 1 saturated heterocycles. The number of hydrogen-bond donors (Lipinski definition) is 2. The minimum Gasteiger partial charge on any atom is -0.355 e. The van der Waals surface area contributed by atoms with E-state index in [2.05, 4.69) is 15.3 Å². The molecule has 0 aliphatic carbocycles. The van der Waals surface area contributed by atoms with E-state index >= 15 is 0 Å². The standard InChI is InChI=1S/C19H20N4O4/c1-10-15(12(3)24)11(2)21-16(10)13(25)9-23-17(26)19(4,22-18(23)27)14-7-5-6-8-20-14/h5-8,21H,9H2,1-4H3,(H,22,27)/t19-/m1/s1. The molecule has 3 rings (SSSR count). The van der Waals surface area contributed by atoms with Crippen LogP contribution in [-0.4, -0.2) is 44.9 Å². The molecule has 3 amide bonds. The van der Waals surface area contributed by atoms with Gasteiger partial charge < -0.3 is 10.3 Å². The molecule has 3 heterocycles. The highest BCUT2D eigenvalue weighted by atomic mass is 16.2. The summed E-state index contributed by atoms with van der Waals surface area (Å²) in [6.45, 7) is 5.92. The molecule has 0 saturated carbocycles. The lowest BCUT2D eigenvalue weighted by atomic mass is 9.97. The second-order valence-electron chi connectivity index (χ2n) is 6.77. The number of rotatable bonds is 5. The zero-order valence-corrected chi connectivity index (χ0v) is 15.5. The molecule has 2 N–H and O–H groups in total. The first-order chi connectivity index (χ1) is 12.7. The molecule has 2 aromatic heterocycles. The molecule has 8 heteroatoms. The Hall–Kier alpha value is -3.29. The van der Waals surface area contributed by atoms with E-state index in [1.54, 1.807) is 39.0 Å². The Kier molecular flexibility index (Phi) is 4.43. The van der Waals surface area contributed by atoms with E-state index in [0.29, 0.717) is 22.5 Å². The maximum absolute atomic E-state index is 12.9. The third-order valence-corrected chi connectivity index (χ3v) is 4.82. The van der Waals surface area contributed by atoms with Crippen LogP contribution in [0.15, 0.2) is 24.4 Å². The molecular weight excluding hydrogens is 348 g/mol. The number of nitrogens with one attached hydrogen (secondary N) is 2. The van der Waals surface area contributed by atoms with Crippen LogP contribution in [0, 0.1) is 13.8 Å². The first kappa shape index (κ1) is 18.5. The summed E-state index contributed by atoms with van der Waals surface area (Å²) in [7, 11) is 0. The van der Waals surface area contributed by atoms with Crippen LogP contribution < -0.4 is 5.32 Å². The Balaban J connectivity index is 1.87. The highest BCUT2D eigenvalue weighted by Crippen LogP contribution is 2.28. The molecule has 1 atom stereocenters. The number of pyridine rings is 1. The highest BCUT2D eigenvalue weighted by molar-refractivity contribution is 6.11. The number of Topliss-reactive ketones (excluding diaryl/α,β-unsaturated/α-hetero) is 2. The summed E-state index contributed by atoms with van der Waals surface area (Å²) in [5.41, 5.74) is 0.843. The summed E-state index contributed by atoms with van der Waals surface area (Å²) >= 11 is 0. The minimum atomic E-state index is -1.33. The summed E-state index contributed by atoms with van der Waals surface area (Å²) < 4.78 is 0. The molecular formula is C19H20N4O4. The predicted octanol–water partition coefficient (Wildman–Crippen LogP) is 1.88. The van der Waals surface area contributed by atoms with Crippen molar-refractivity contribution >= 4 is 23.5 Å². The van der Waals surface area contributed by atoms with Crippen molar-refractivity contribution < 1.29 is 19.2 Å². The van der Waals surface area contributed by atoms with E-state index in [9.17, 15) is 19.2 Å². The topological polar surface area (TPSA) is 112 Å². The first-order valence-corrected chi connectivity index (χ1v) is 8.45. The molecule has 1 aliphatic rings. The largest absolute Gasteiger partial charge is 0.355 e. The smallest absolute Gasteiger partial charge is 0.325 e. The number of carbonyl (C=O) groups excluding carboxylic acids is 4. The number of H-pyrrole nitrogens is 1. The van der Waals surface area contributed by atoms with Crippen molar-refractivity contribution in [1.82, 2.24) is 20.2 Å². The quantitative estimate of drug-likeness (QED) is 0.618. The zero-order valence-electron chi connectivity index (χ0n) is 15.5. The SMILES string of the molecule is CC(=O)c1c(C)[nH]c(C(=O)CN2C(=O)N[C@](C)(c3ccccn3)C2=O)c1C. The average Bonchev–Trinajstić information content (AvgIpc) is 3.04. The normalized spacial score (nSPS) is 19.3. The van der Waals surface area contributed by atoms with Crippen LogP contribution in [0.2, 0.25) is 0 Å². The Morgan fingerprint density at radius 1 is 1.22 bits per heavy atom. The first-order valence-electron chi connectivity index (χ1n) is 8.45. The monoisotopic (exact) mass is 368 g/mol. The van der Waals surface area contributed by atoms with Gasteiger partial charge in [-0.3, -0.25) is 24.3 Å². The minimum absolute atomic E-state index is 0.155. The van der Waals surface area contributed by atoms with Gasteiger partial charge in [0.25, 0.3) is 5.91 Å². The molecule has 0 unspecified atom stereocenters. The van der Waals surface area contributed by atoms with E-state index in [-0.39, 0.29) is 11.5 Å². The molecule has 0 aromatic carbocycles. The van der Waals surface area contributed by atoms with Gasteiger partial charge >= 0.3 is 6.03 Å². The van der Waals surface area contributed by atoms with Crippen molar-refractivity contribution in [2.24, 2.45) is 0 Å². The van der Waals surface area contributed by atoms with Gasteiger partial charge in [0.15, 0.2) is 17.1 Å². The van der Waals surface area contributed by atoms with Gasteiger partial charge in [-0.05, 0) is 45.4 Å². The van der Waals surface area contributed by atoms with Crippen LogP contribution >= 0.6 is 0 Å². The number of carbonyl (C=O) groups is 4. The van der Waals surface area contributed by atoms with Crippen molar-refractivity contribution in [2.45, 2.75) is 33.2 Å². The Morgan fingerprint density at radius 3 is 2.48 bits per heavy atom. The van der Waals surface area contributed by atoms with Gasteiger partial charge in [-0.2, -0.15) is 0 Å². The van der Waals surface area contributed by atoms with Gasteiger partial charge in [0.1, 0.15) is 0 Å².